The Morgan fingerprint density at radius 3 is 2.62 bits per heavy atom. The van der Waals surface area contributed by atoms with Gasteiger partial charge in [-0.25, -0.2) is 14.4 Å². The fourth-order valence-corrected chi connectivity index (χ4v) is 3.69. The van der Waals surface area contributed by atoms with E-state index in [0.29, 0.717) is 45.1 Å². The minimum absolute atomic E-state index is 0.0616. The molecule has 154 valence electrons. The maximum Gasteiger partial charge on any atom is 0.161 e. The van der Waals surface area contributed by atoms with Gasteiger partial charge in [-0.1, -0.05) is 12.1 Å². The van der Waals surface area contributed by atoms with E-state index in [-0.39, 0.29) is 11.6 Å². The Balaban J connectivity index is 1.51. The van der Waals surface area contributed by atoms with Crippen molar-refractivity contribution in [1.82, 2.24) is 35.1 Å². The number of aromatic hydroxyl groups is 1. The maximum absolute atomic E-state index is 13.8. The Labute approximate surface area is 179 Å². The second kappa shape index (κ2) is 6.95. The Hall–Kier alpha value is -4.66. The highest BCUT2D eigenvalue weighted by atomic mass is 19.1. The van der Waals surface area contributed by atoms with Crippen LogP contribution in [-0.4, -0.2) is 40.2 Å². The predicted octanol–water partition coefficient (Wildman–Crippen LogP) is 4.47. The smallest absolute Gasteiger partial charge is 0.161 e. The van der Waals surface area contributed by atoms with Crippen LogP contribution >= 0.6 is 0 Å². The normalized spacial score (nSPS) is 11.4. The number of pyridine rings is 3. The lowest BCUT2D eigenvalue weighted by Gasteiger charge is -2.01. The fourth-order valence-electron chi connectivity index (χ4n) is 3.69. The Morgan fingerprint density at radius 2 is 1.75 bits per heavy atom. The molecular weight excluding hydrogens is 409 g/mol. The van der Waals surface area contributed by atoms with Crippen LogP contribution in [0.3, 0.4) is 0 Å². The molecule has 6 rings (SSSR count). The first-order valence-electron chi connectivity index (χ1n) is 9.76. The van der Waals surface area contributed by atoms with E-state index in [1.807, 2.05) is 12.1 Å². The summed E-state index contributed by atoms with van der Waals surface area (Å²) < 4.78 is 13.8. The van der Waals surface area contributed by atoms with Gasteiger partial charge in [-0.15, -0.1) is 0 Å². The lowest BCUT2D eigenvalue weighted by Crippen LogP contribution is -1.88. The van der Waals surface area contributed by atoms with Crippen LogP contribution in [0.15, 0.2) is 67.1 Å². The zero-order chi connectivity index (χ0) is 21.7. The van der Waals surface area contributed by atoms with Crippen molar-refractivity contribution < 1.29 is 9.50 Å². The minimum Gasteiger partial charge on any atom is -0.506 e. The highest BCUT2D eigenvalue weighted by molar-refractivity contribution is 5.95. The average Bonchev–Trinajstić information content (AvgIpc) is 3.42. The van der Waals surface area contributed by atoms with Gasteiger partial charge in [-0.3, -0.25) is 15.1 Å². The Kier molecular flexibility index (Phi) is 3.94. The lowest BCUT2D eigenvalue weighted by molar-refractivity contribution is 0.473. The number of nitrogens with zero attached hydrogens (tertiary/aromatic N) is 5. The zero-order valence-corrected chi connectivity index (χ0v) is 16.4. The Bertz CT molecular complexity index is 1620. The summed E-state index contributed by atoms with van der Waals surface area (Å²) in [7, 11) is 0. The highest BCUT2D eigenvalue weighted by Gasteiger charge is 2.17. The molecule has 32 heavy (non-hydrogen) atoms. The van der Waals surface area contributed by atoms with Gasteiger partial charge in [-0.2, -0.15) is 5.10 Å². The molecule has 0 saturated heterocycles. The van der Waals surface area contributed by atoms with Crippen molar-refractivity contribution in [2.24, 2.45) is 0 Å². The number of rotatable bonds is 3. The second-order valence-electron chi connectivity index (χ2n) is 7.25. The van der Waals surface area contributed by atoms with Crippen molar-refractivity contribution >= 4 is 22.1 Å². The van der Waals surface area contributed by atoms with Crippen LogP contribution < -0.4 is 0 Å². The molecule has 0 aliphatic carbocycles. The average molecular weight is 423 g/mol. The summed E-state index contributed by atoms with van der Waals surface area (Å²) in [6.07, 6.45) is 4.65. The van der Waals surface area contributed by atoms with Crippen LogP contribution in [0.25, 0.3) is 56.1 Å². The summed E-state index contributed by atoms with van der Waals surface area (Å²) in [6.45, 7) is 0. The first-order valence-corrected chi connectivity index (χ1v) is 9.76. The third-order valence-electron chi connectivity index (χ3n) is 5.15. The third kappa shape index (κ3) is 2.95. The number of hydrogen-bond acceptors (Lipinski definition) is 6. The molecule has 8 nitrogen and oxygen atoms in total. The van der Waals surface area contributed by atoms with Crippen molar-refractivity contribution in [3.05, 3.63) is 72.9 Å². The summed E-state index contributed by atoms with van der Waals surface area (Å²) in [6, 6.07) is 13.3. The standard InChI is InChI=1S/C23H14FN7O/c24-14-3-1-2-12(8-14)19-20-17(6-7-26-19)28-23(29-20)22-21-18(30-31-22)5-4-16(27-21)13-9-15(32)11-25-10-13/h1-11,32H,(H,28,29)(H,30,31). The molecule has 6 aromatic rings. The molecule has 9 heteroatoms. The number of imidazole rings is 1. The van der Waals surface area contributed by atoms with Gasteiger partial charge in [0.15, 0.2) is 11.5 Å². The molecule has 0 radical (unpaired) electrons. The molecule has 1 aromatic carbocycles. The van der Waals surface area contributed by atoms with E-state index in [4.69, 9.17) is 9.97 Å². The monoisotopic (exact) mass is 423 g/mol. The summed E-state index contributed by atoms with van der Waals surface area (Å²) in [5.74, 6) is 0.232. The summed E-state index contributed by atoms with van der Waals surface area (Å²) in [5, 5.41) is 17.1. The molecule has 0 unspecified atom stereocenters. The number of aromatic nitrogens is 7. The van der Waals surface area contributed by atoms with Crippen molar-refractivity contribution in [2.45, 2.75) is 0 Å². The molecule has 5 heterocycles. The molecule has 0 amide bonds. The molecular formula is C23H14FN7O. The van der Waals surface area contributed by atoms with Gasteiger partial charge in [0.05, 0.1) is 28.6 Å². The first-order chi connectivity index (χ1) is 15.7. The van der Waals surface area contributed by atoms with E-state index < -0.39 is 0 Å². The lowest BCUT2D eigenvalue weighted by atomic mass is 10.1. The van der Waals surface area contributed by atoms with Crippen molar-refractivity contribution in [1.29, 1.82) is 0 Å². The number of halogens is 1. The van der Waals surface area contributed by atoms with E-state index in [0.717, 1.165) is 11.0 Å². The zero-order valence-electron chi connectivity index (χ0n) is 16.4. The third-order valence-corrected chi connectivity index (χ3v) is 5.15. The largest absolute Gasteiger partial charge is 0.506 e. The number of fused-ring (bicyclic) bond motifs is 2. The van der Waals surface area contributed by atoms with Crippen LogP contribution in [0.5, 0.6) is 5.75 Å². The summed E-state index contributed by atoms with van der Waals surface area (Å²) in [4.78, 5) is 21.1. The van der Waals surface area contributed by atoms with Crippen molar-refractivity contribution in [3.8, 4) is 39.8 Å². The van der Waals surface area contributed by atoms with Gasteiger partial charge >= 0.3 is 0 Å². The number of hydrogen-bond donors (Lipinski definition) is 3. The van der Waals surface area contributed by atoms with Gasteiger partial charge < -0.3 is 10.1 Å². The maximum atomic E-state index is 13.8. The fraction of sp³-hybridized carbons (Fsp3) is 0. The van der Waals surface area contributed by atoms with Gasteiger partial charge in [0.2, 0.25) is 0 Å². The van der Waals surface area contributed by atoms with E-state index in [2.05, 4.69) is 25.1 Å². The summed E-state index contributed by atoms with van der Waals surface area (Å²) >= 11 is 0. The van der Waals surface area contributed by atoms with Crippen LogP contribution in [0.1, 0.15) is 0 Å². The summed E-state index contributed by atoms with van der Waals surface area (Å²) in [5.41, 5.74) is 5.78. The minimum atomic E-state index is -0.339. The van der Waals surface area contributed by atoms with E-state index >= 15 is 0 Å². The van der Waals surface area contributed by atoms with E-state index in [1.165, 1.54) is 18.3 Å². The molecule has 3 N–H and O–H groups in total. The van der Waals surface area contributed by atoms with Crippen molar-refractivity contribution in [3.63, 3.8) is 0 Å². The van der Waals surface area contributed by atoms with Gasteiger partial charge in [0.25, 0.3) is 0 Å². The van der Waals surface area contributed by atoms with Crippen LogP contribution in [0, 0.1) is 5.82 Å². The van der Waals surface area contributed by atoms with Gasteiger partial charge in [0.1, 0.15) is 22.6 Å². The molecule has 0 spiro atoms. The number of benzene rings is 1. The molecule has 0 aliphatic rings. The SMILES string of the molecule is Oc1cncc(-c2ccc3[nH]nc(-c4nc5c(-c6cccc(F)c6)nccc5[nH]4)c3n2)c1. The highest BCUT2D eigenvalue weighted by Crippen LogP contribution is 2.31. The Morgan fingerprint density at radius 1 is 0.844 bits per heavy atom. The first kappa shape index (κ1) is 18.1. The molecule has 0 aliphatic heterocycles. The topological polar surface area (TPSA) is 116 Å². The second-order valence-corrected chi connectivity index (χ2v) is 7.25. The van der Waals surface area contributed by atoms with Crippen LogP contribution in [0.4, 0.5) is 4.39 Å². The quantitative estimate of drug-likeness (QED) is 0.387. The van der Waals surface area contributed by atoms with Crippen LogP contribution in [0.2, 0.25) is 0 Å². The number of aromatic amines is 2. The van der Waals surface area contributed by atoms with E-state index in [9.17, 15) is 9.50 Å². The molecule has 0 atom stereocenters. The predicted molar refractivity (Wildman–Crippen MR) is 117 cm³/mol. The van der Waals surface area contributed by atoms with Crippen molar-refractivity contribution in [2.75, 3.05) is 0 Å². The van der Waals surface area contributed by atoms with Gasteiger partial charge in [0, 0.05) is 23.5 Å². The molecule has 0 fully saturated rings. The van der Waals surface area contributed by atoms with Gasteiger partial charge in [-0.05, 0) is 36.4 Å². The van der Waals surface area contributed by atoms with Crippen LogP contribution in [-0.2, 0) is 0 Å². The molecule has 0 saturated carbocycles. The molecule has 0 bridgehead atoms. The molecule has 5 aromatic heterocycles. The number of nitrogens with one attached hydrogen (secondary N) is 2. The van der Waals surface area contributed by atoms with E-state index in [1.54, 1.807) is 36.7 Å². The number of H-pyrrole nitrogens is 2.